The molecule has 5 rings (SSSR count). The fourth-order valence-corrected chi connectivity index (χ4v) is 3.97. The summed E-state index contributed by atoms with van der Waals surface area (Å²) in [7, 11) is 0. The normalized spacial score (nSPS) is 19.1. The molecule has 174 valence electrons. The Bertz CT molecular complexity index is 1240. The van der Waals surface area contributed by atoms with Crippen LogP contribution in [0.4, 0.5) is 5.69 Å². The molecular weight excluding hydrogens is 440 g/mol. The maximum absolute atomic E-state index is 13.2. The molecule has 2 atom stereocenters. The van der Waals surface area contributed by atoms with E-state index in [9.17, 15) is 9.59 Å². The first-order chi connectivity index (χ1) is 16.6. The van der Waals surface area contributed by atoms with Gasteiger partial charge in [0.25, 0.3) is 11.8 Å². The van der Waals surface area contributed by atoms with E-state index in [-0.39, 0.29) is 12.4 Å². The molecule has 1 fully saturated rings. The quantitative estimate of drug-likeness (QED) is 0.468. The van der Waals surface area contributed by atoms with E-state index in [0.717, 1.165) is 4.90 Å². The van der Waals surface area contributed by atoms with Gasteiger partial charge in [-0.3, -0.25) is 14.6 Å². The van der Waals surface area contributed by atoms with Crippen LogP contribution in [0.3, 0.4) is 0 Å². The minimum absolute atomic E-state index is 0.0323. The zero-order valence-electron chi connectivity index (χ0n) is 18.6. The number of rotatable bonds is 8. The summed E-state index contributed by atoms with van der Waals surface area (Å²) in [4.78, 5) is 31.7. The van der Waals surface area contributed by atoms with Crippen molar-refractivity contribution in [2.24, 2.45) is 10.3 Å². The molecule has 34 heavy (non-hydrogen) atoms. The van der Waals surface area contributed by atoms with Crippen molar-refractivity contribution in [1.29, 1.82) is 0 Å². The predicted octanol–water partition coefficient (Wildman–Crippen LogP) is 3.03. The molecule has 2 aliphatic heterocycles. The Morgan fingerprint density at radius 2 is 1.74 bits per heavy atom. The summed E-state index contributed by atoms with van der Waals surface area (Å²) >= 11 is 0. The fourth-order valence-electron chi connectivity index (χ4n) is 3.97. The Balaban J connectivity index is 1.33. The summed E-state index contributed by atoms with van der Waals surface area (Å²) in [6.45, 7) is 4.83. The number of amides is 2. The van der Waals surface area contributed by atoms with Crippen LogP contribution in [-0.2, 0) is 16.1 Å². The van der Waals surface area contributed by atoms with Crippen LogP contribution in [0, 0.1) is 0 Å². The standard InChI is InChI=1S/C23H22N6O5/c1-3-32-15-11-9-14(10-12-15)29-22(30)19-20(23(29)31)28(27-25-19)13-18-24-21(26-34-18)16-7-5-6-8-17(16)33-4-2/h5-12,19-20H,3-4,13H2,1-2H3. The largest absolute Gasteiger partial charge is 0.494 e. The summed E-state index contributed by atoms with van der Waals surface area (Å²) in [5.41, 5.74) is 1.14. The number of fused-ring (bicyclic) bond motifs is 1. The van der Waals surface area contributed by atoms with Gasteiger partial charge in [-0.05, 0) is 50.2 Å². The predicted molar refractivity (Wildman–Crippen MR) is 119 cm³/mol. The average Bonchev–Trinajstić information content (AvgIpc) is 3.54. The second-order valence-electron chi connectivity index (χ2n) is 7.57. The van der Waals surface area contributed by atoms with Crippen molar-refractivity contribution in [1.82, 2.24) is 15.1 Å². The van der Waals surface area contributed by atoms with Crippen molar-refractivity contribution in [3.05, 3.63) is 54.4 Å². The van der Waals surface area contributed by atoms with Gasteiger partial charge >= 0.3 is 0 Å². The van der Waals surface area contributed by atoms with E-state index in [1.54, 1.807) is 24.3 Å². The number of imide groups is 1. The van der Waals surface area contributed by atoms with Crippen LogP contribution in [0.5, 0.6) is 11.5 Å². The van der Waals surface area contributed by atoms with Gasteiger partial charge in [0.1, 0.15) is 18.0 Å². The summed E-state index contributed by atoms with van der Waals surface area (Å²) in [5.74, 6) is 1.05. The highest BCUT2D eigenvalue weighted by Gasteiger charge is 2.55. The Labute approximate surface area is 194 Å². The highest BCUT2D eigenvalue weighted by molar-refractivity contribution is 6.25. The van der Waals surface area contributed by atoms with Crippen LogP contribution in [0.15, 0.2) is 63.4 Å². The van der Waals surface area contributed by atoms with E-state index in [1.807, 2.05) is 38.1 Å². The van der Waals surface area contributed by atoms with Gasteiger partial charge in [0.05, 0.1) is 24.5 Å². The monoisotopic (exact) mass is 462 g/mol. The number of carbonyl (C=O) groups excluding carboxylic acids is 2. The van der Waals surface area contributed by atoms with Gasteiger partial charge in [0, 0.05) is 0 Å². The average molecular weight is 462 g/mol. The number of hydrogen-bond acceptors (Lipinski definition) is 10. The minimum atomic E-state index is -0.917. The molecule has 1 saturated heterocycles. The van der Waals surface area contributed by atoms with Crippen LogP contribution in [0.1, 0.15) is 19.7 Å². The Morgan fingerprint density at radius 1 is 0.971 bits per heavy atom. The molecule has 2 unspecified atom stereocenters. The van der Waals surface area contributed by atoms with Gasteiger partial charge in [0.2, 0.25) is 11.7 Å². The zero-order chi connectivity index (χ0) is 23.7. The van der Waals surface area contributed by atoms with Gasteiger partial charge < -0.3 is 14.0 Å². The molecule has 1 aromatic heterocycles. The molecule has 0 spiro atoms. The summed E-state index contributed by atoms with van der Waals surface area (Å²) in [6, 6.07) is 12.4. The number of para-hydroxylation sites is 1. The first-order valence-electron chi connectivity index (χ1n) is 10.9. The van der Waals surface area contributed by atoms with Crippen LogP contribution in [-0.4, -0.2) is 52.3 Å². The summed E-state index contributed by atoms with van der Waals surface area (Å²) in [5, 5.41) is 13.5. The molecule has 0 saturated carbocycles. The number of hydrogen-bond donors (Lipinski definition) is 0. The molecule has 11 nitrogen and oxygen atoms in total. The van der Waals surface area contributed by atoms with Gasteiger partial charge in [-0.15, -0.1) is 0 Å². The van der Waals surface area contributed by atoms with Crippen LogP contribution in [0.25, 0.3) is 11.4 Å². The van der Waals surface area contributed by atoms with Crippen molar-refractivity contribution >= 4 is 17.5 Å². The number of anilines is 1. The first kappa shape index (κ1) is 21.6. The van der Waals surface area contributed by atoms with E-state index < -0.39 is 23.9 Å². The van der Waals surface area contributed by atoms with Gasteiger partial charge in [-0.25, -0.2) is 4.90 Å². The van der Waals surface area contributed by atoms with Crippen LogP contribution < -0.4 is 14.4 Å². The molecule has 2 aromatic carbocycles. The van der Waals surface area contributed by atoms with E-state index >= 15 is 0 Å². The lowest BCUT2D eigenvalue weighted by molar-refractivity contribution is -0.123. The number of aromatic nitrogens is 2. The van der Waals surface area contributed by atoms with Crippen molar-refractivity contribution < 1.29 is 23.6 Å². The fraction of sp³-hybridized carbons (Fsp3) is 0.304. The number of carbonyl (C=O) groups is 2. The van der Waals surface area contributed by atoms with E-state index in [0.29, 0.717) is 41.8 Å². The Morgan fingerprint density at radius 3 is 2.50 bits per heavy atom. The molecule has 0 aliphatic carbocycles. The topological polar surface area (TPSA) is 123 Å². The summed E-state index contributed by atoms with van der Waals surface area (Å²) in [6.07, 6.45) is 0. The lowest BCUT2D eigenvalue weighted by atomic mass is 10.1. The van der Waals surface area contributed by atoms with Crippen LogP contribution >= 0.6 is 0 Å². The molecule has 11 heteroatoms. The van der Waals surface area contributed by atoms with Gasteiger partial charge in [-0.2, -0.15) is 10.1 Å². The second kappa shape index (κ2) is 8.93. The highest BCUT2D eigenvalue weighted by atomic mass is 16.5. The summed E-state index contributed by atoms with van der Waals surface area (Å²) < 4.78 is 16.4. The third-order valence-electron chi connectivity index (χ3n) is 5.46. The molecule has 3 aromatic rings. The molecule has 0 bridgehead atoms. The highest BCUT2D eigenvalue weighted by Crippen LogP contribution is 2.34. The van der Waals surface area contributed by atoms with Crippen molar-refractivity contribution in [2.75, 3.05) is 18.1 Å². The SMILES string of the molecule is CCOc1ccc(N2C(=O)C3N=NN(Cc4nc(-c5ccccc5OCC)no4)C3C2=O)cc1. The lowest BCUT2D eigenvalue weighted by Crippen LogP contribution is -2.39. The van der Waals surface area contributed by atoms with E-state index in [2.05, 4.69) is 20.5 Å². The van der Waals surface area contributed by atoms with E-state index in [1.165, 1.54) is 5.01 Å². The second-order valence-corrected chi connectivity index (χ2v) is 7.57. The minimum Gasteiger partial charge on any atom is -0.494 e. The van der Waals surface area contributed by atoms with E-state index in [4.69, 9.17) is 14.0 Å². The van der Waals surface area contributed by atoms with Crippen molar-refractivity contribution in [2.45, 2.75) is 32.5 Å². The smallest absolute Gasteiger partial charge is 0.263 e. The number of nitrogens with zero attached hydrogens (tertiary/aromatic N) is 6. The molecular formula is C23H22N6O5. The number of ether oxygens (including phenoxy) is 2. The molecule has 3 heterocycles. The maximum Gasteiger partial charge on any atom is 0.263 e. The molecule has 2 amide bonds. The zero-order valence-corrected chi connectivity index (χ0v) is 18.6. The Hall–Kier alpha value is -4.28. The molecule has 0 N–H and O–H groups in total. The van der Waals surface area contributed by atoms with Crippen molar-refractivity contribution in [3.8, 4) is 22.9 Å². The third kappa shape index (κ3) is 3.74. The lowest BCUT2D eigenvalue weighted by Gasteiger charge is -2.19. The Kier molecular flexibility index (Phi) is 5.66. The maximum atomic E-state index is 13.2. The van der Waals surface area contributed by atoms with Crippen LogP contribution in [0.2, 0.25) is 0 Å². The number of benzene rings is 2. The first-order valence-corrected chi connectivity index (χ1v) is 10.9. The third-order valence-corrected chi connectivity index (χ3v) is 5.46. The van der Waals surface area contributed by atoms with Crippen molar-refractivity contribution in [3.63, 3.8) is 0 Å². The molecule has 0 radical (unpaired) electrons. The van der Waals surface area contributed by atoms with Gasteiger partial charge in [-0.1, -0.05) is 22.5 Å². The molecule has 2 aliphatic rings. The van der Waals surface area contributed by atoms with Gasteiger partial charge in [0.15, 0.2) is 12.1 Å².